The van der Waals surface area contributed by atoms with E-state index in [-0.39, 0.29) is 0 Å². The Morgan fingerprint density at radius 3 is 2.64 bits per heavy atom. The number of rotatable bonds is 2. The molecule has 3 nitrogen and oxygen atoms in total. The molecule has 1 aromatic heterocycles. The van der Waals surface area contributed by atoms with E-state index in [1.54, 1.807) is 0 Å². The van der Waals surface area contributed by atoms with Gasteiger partial charge in [0.1, 0.15) is 5.82 Å². The van der Waals surface area contributed by atoms with Gasteiger partial charge in [-0.15, -0.1) is 0 Å². The van der Waals surface area contributed by atoms with E-state index in [1.165, 1.54) is 19.3 Å². The standard InChI is InChI=1S/C11H17N3/c1-8-10(12)6-7-11(13-8)14(2)9-4-3-5-9/h6-7,9H,3-5,12H2,1-2H3. The lowest BCUT2D eigenvalue weighted by atomic mass is 9.92. The molecule has 0 bridgehead atoms. The van der Waals surface area contributed by atoms with Crippen molar-refractivity contribution in [2.24, 2.45) is 0 Å². The fraction of sp³-hybridized carbons (Fsp3) is 0.545. The van der Waals surface area contributed by atoms with E-state index in [0.717, 1.165) is 17.2 Å². The van der Waals surface area contributed by atoms with E-state index in [0.29, 0.717) is 6.04 Å². The summed E-state index contributed by atoms with van der Waals surface area (Å²) >= 11 is 0. The van der Waals surface area contributed by atoms with Gasteiger partial charge in [-0.3, -0.25) is 0 Å². The molecule has 0 amide bonds. The molecule has 1 fully saturated rings. The molecule has 0 unspecified atom stereocenters. The number of aryl methyl sites for hydroxylation is 1. The summed E-state index contributed by atoms with van der Waals surface area (Å²) < 4.78 is 0. The Morgan fingerprint density at radius 2 is 2.14 bits per heavy atom. The van der Waals surface area contributed by atoms with E-state index in [1.807, 2.05) is 19.1 Å². The normalized spacial score (nSPS) is 16.4. The largest absolute Gasteiger partial charge is 0.397 e. The Balaban J connectivity index is 2.18. The van der Waals surface area contributed by atoms with Crippen LogP contribution in [-0.4, -0.2) is 18.1 Å². The Labute approximate surface area is 84.9 Å². The van der Waals surface area contributed by atoms with Crippen LogP contribution in [0.4, 0.5) is 11.5 Å². The van der Waals surface area contributed by atoms with Crippen molar-refractivity contribution in [2.45, 2.75) is 32.2 Å². The van der Waals surface area contributed by atoms with Crippen LogP contribution in [0.15, 0.2) is 12.1 Å². The monoisotopic (exact) mass is 191 g/mol. The van der Waals surface area contributed by atoms with Gasteiger partial charge in [0.2, 0.25) is 0 Å². The predicted octanol–water partition coefficient (Wildman–Crippen LogP) is 1.96. The van der Waals surface area contributed by atoms with Crippen molar-refractivity contribution < 1.29 is 0 Å². The highest BCUT2D eigenvalue weighted by Gasteiger charge is 2.22. The minimum atomic E-state index is 0.686. The lowest BCUT2D eigenvalue weighted by Crippen LogP contribution is -2.37. The number of nitrogens with zero attached hydrogens (tertiary/aromatic N) is 2. The number of anilines is 2. The van der Waals surface area contributed by atoms with Gasteiger partial charge in [0.25, 0.3) is 0 Å². The highest BCUT2D eigenvalue weighted by atomic mass is 15.2. The zero-order valence-electron chi connectivity index (χ0n) is 8.83. The molecule has 1 aromatic rings. The van der Waals surface area contributed by atoms with Crippen molar-refractivity contribution in [3.63, 3.8) is 0 Å². The summed E-state index contributed by atoms with van der Waals surface area (Å²) in [5, 5.41) is 0. The quantitative estimate of drug-likeness (QED) is 0.777. The average Bonchev–Trinajstić information content (AvgIpc) is 2.06. The van der Waals surface area contributed by atoms with Crippen molar-refractivity contribution in [1.29, 1.82) is 0 Å². The Bertz CT molecular complexity index is 331. The van der Waals surface area contributed by atoms with Crippen molar-refractivity contribution in [3.8, 4) is 0 Å². The number of hydrogen-bond donors (Lipinski definition) is 1. The smallest absolute Gasteiger partial charge is 0.128 e. The second-order valence-electron chi connectivity index (χ2n) is 4.04. The summed E-state index contributed by atoms with van der Waals surface area (Å²) in [6.07, 6.45) is 3.94. The van der Waals surface area contributed by atoms with E-state index in [2.05, 4.69) is 16.9 Å². The molecule has 0 radical (unpaired) electrons. The summed E-state index contributed by atoms with van der Waals surface area (Å²) in [5.74, 6) is 1.04. The van der Waals surface area contributed by atoms with Crippen LogP contribution in [0, 0.1) is 6.92 Å². The van der Waals surface area contributed by atoms with Crippen LogP contribution < -0.4 is 10.6 Å². The first-order valence-electron chi connectivity index (χ1n) is 5.14. The van der Waals surface area contributed by atoms with Gasteiger partial charge in [-0.1, -0.05) is 0 Å². The first kappa shape index (κ1) is 9.31. The van der Waals surface area contributed by atoms with Crippen LogP contribution in [0.5, 0.6) is 0 Å². The lowest BCUT2D eigenvalue weighted by Gasteiger charge is -2.35. The van der Waals surface area contributed by atoms with Crippen LogP contribution in [0.1, 0.15) is 25.0 Å². The summed E-state index contributed by atoms with van der Waals surface area (Å²) in [6, 6.07) is 4.62. The van der Waals surface area contributed by atoms with Crippen molar-refractivity contribution >= 4 is 11.5 Å². The second-order valence-corrected chi connectivity index (χ2v) is 4.04. The summed E-state index contributed by atoms with van der Waals surface area (Å²) in [7, 11) is 2.11. The van der Waals surface area contributed by atoms with E-state index < -0.39 is 0 Å². The maximum Gasteiger partial charge on any atom is 0.128 e. The molecule has 0 atom stereocenters. The Morgan fingerprint density at radius 1 is 1.43 bits per heavy atom. The molecule has 3 heteroatoms. The van der Waals surface area contributed by atoms with Gasteiger partial charge >= 0.3 is 0 Å². The molecular formula is C11H17N3. The van der Waals surface area contributed by atoms with Crippen LogP contribution in [0.3, 0.4) is 0 Å². The first-order valence-corrected chi connectivity index (χ1v) is 5.14. The van der Waals surface area contributed by atoms with E-state index in [9.17, 15) is 0 Å². The minimum absolute atomic E-state index is 0.686. The van der Waals surface area contributed by atoms with Gasteiger partial charge in [-0.2, -0.15) is 0 Å². The molecule has 0 spiro atoms. The fourth-order valence-electron chi connectivity index (χ4n) is 1.72. The molecule has 2 N–H and O–H groups in total. The fourth-order valence-corrected chi connectivity index (χ4v) is 1.72. The summed E-state index contributed by atoms with van der Waals surface area (Å²) in [4.78, 5) is 6.74. The van der Waals surface area contributed by atoms with Gasteiger partial charge in [0.05, 0.1) is 11.4 Å². The highest BCUT2D eigenvalue weighted by Crippen LogP contribution is 2.27. The maximum atomic E-state index is 5.73. The van der Waals surface area contributed by atoms with Crippen molar-refractivity contribution in [2.75, 3.05) is 17.7 Å². The summed E-state index contributed by atoms with van der Waals surface area (Å²) in [6.45, 7) is 1.95. The summed E-state index contributed by atoms with van der Waals surface area (Å²) in [5.41, 5.74) is 7.43. The first-order chi connectivity index (χ1) is 6.68. The molecule has 0 aromatic carbocycles. The number of hydrogen-bond acceptors (Lipinski definition) is 3. The van der Waals surface area contributed by atoms with Gasteiger partial charge in [0.15, 0.2) is 0 Å². The number of pyridine rings is 1. The molecular weight excluding hydrogens is 174 g/mol. The van der Waals surface area contributed by atoms with Crippen LogP contribution in [-0.2, 0) is 0 Å². The molecule has 1 aliphatic rings. The minimum Gasteiger partial charge on any atom is -0.397 e. The molecule has 1 heterocycles. The average molecular weight is 191 g/mol. The number of nitrogens with two attached hydrogens (primary N) is 1. The Kier molecular flexibility index (Phi) is 2.32. The van der Waals surface area contributed by atoms with Crippen LogP contribution in [0.25, 0.3) is 0 Å². The number of nitrogen functional groups attached to an aromatic ring is 1. The number of aromatic nitrogens is 1. The van der Waals surface area contributed by atoms with E-state index in [4.69, 9.17) is 5.73 Å². The lowest BCUT2D eigenvalue weighted by molar-refractivity contribution is 0.399. The molecule has 0 aliphatic heterocycles. The van der Waals surface area contributed by atoms with Crippen molar-refractivity contribution in [1.82, 2.24) is 4.98 Å². The highest BCUT2D eigenvalue weighted by molar-refractivity contribution is 5.50. The third-order valence-corrected chi connectivity index (χ3v) is 3.10. The molecule has 1 saturated carbocycles. The second kappa shape index (κ2) is 3.48. The van der Waals surface area contributed by atoms with Crippen molar-refractivity contribution in [3.05, 3.63) is 17.8 Å². The predicted molar refractivity (Wildman–Crippen MR) is 59.4 cm³/mol. The zero-order valence-corrected chi connectivity index (χ0v) is 8.83. The van der Waals surface area contributed by atoms with E-state index >= 15 is 0 Å². The molecule has 0 saturated heterocycles. The third-order valence-electron chi connectivity index (χ3n) is 3.10. The van der Waals surface area contributed by atoms with Gasteiger partial charge < -0.3 is 10.6 Å². The third kappa shape index (κ3) is 1.54. The van der Waals surface area contributed by atoms with Gasteiger partial charge in [-0.25, -0.2) is 4.98 Å². The van der Waals surface area contributed by atoms with Crippen LogP contribution >= 0.6 is 0 Å². The van der Waals surface area contributed by atoms with Gasteiger partial charge in [0, 0.05) is 13.1 Å². The Hall–Kier alpha value is -1.25. The molecule has 14 heavy (non-hydrogen) atoms. The molecule has 2 rings (SSSR count). The van der Waals surface area contributed by atoms with Gasteiger partial charge in [-0.05, 0) is 38.3 Å². The molecule has 76 valence electrons. The van der Waals surface area contributed by atoms with Crippen LogP contribution in [0.2, 0.25) is 0 Å². The SMILES string of the molecule is Cc1nc(N(C)C2CCC2)ccc1N. The molecule has 1 aliphatic carbocycles. The maximum absolute atomic E-state index is 5.73. The zero-order chi connectivity index (χ0) is 10.1. The topological polar surface area (TPSA) is 42.2 Å².